The summed E-state index contributed by atoms with van der Waals surface area (Å²) in [5.41, 5.74) is 1.21. The number of ether oxygens (including phenoxy) is 1. The third-order valence-electron chi connectivity index (χ3n) is 11.2. The maximum Gasteiger partial charge on any atom is 0.410 e. The highest BCUT2D eigenvalue weighted by Gasteiger charge is 2.62. The molecule has 2 aromatic carbocycles. The third-order valence-corrected chi connectivity index (χ3v) is 14.4. The van der Waals surface area contributed by atoms with Crippen LogP contribution in [0.2, 0.25) is 0 Å². The molecule has 296 valence electrons. The first-order valence-corrected chi connectivity index (χ1v) is 22.2. The second kappa shape index (κ2) is 15.5. The fourth-order valence-corrected chi connectivity index (χ4v) is 10.2. The Kier molecular flexibility index (Phi) is 10.7. The zero-order valence-electron chi connectivity index (χ0n) is 30.4. The predicted octanol–water partition coefficient (Wildman–Crippen LogP) is 5.62. The van der Waals surface area contributed by atoms with Gasteiger partial charge in [-0.1, -0.05) is 65.2 Å². The Morgan fingerprint density at radius 3 is 2.62 bits per heavy atom. The number of fused-ring (bicyclic) bond motifs is 3. The first-order chi connectivity index (χ1) is 26.9. The van der Waals surface area contributed by atoms with Crippen LogP contribution in [0.5, 0.6) is 0 Å². The number of rotatable bonds is 7. The van der Waals surface area contributed by atoms with E-state index in [9.17, 15) is 32.0 Å². The average Bonchev–Trinajstić information content (AvgIpc) is 3.97. The van der Waals surface area contributed by atoms with Crippen molar-refractivity contribution in [3.8, 4) is 11.3 Å². The second-order valence-electron chi connectivity index (χ2n) is 15.2. The number of allylic oxidation sites excluding steroid dienone is 1. The van der Waals surface area contributed by atoms with Gasteiger partial charge in [-0.25, -0.2) is 22.6 Å². The van der Waals surface area contributed by atoms with Crippen molar-refractivity contribution >= 4 is 66.2 Å². The number of nitrogens with one attached hydrogen (secondary N) is 3. The Labute approximate surface area is 336 Å². The number of thiazole rings is 1. The van der Waals surface area contributed by atoms with Gasteiger partial charge in [0, 0.05) is 39.9 Å². The van der Waals surface area contributed by atoms with Crippen molar-refractivity contribution in [2.75, 3.05) is 11.9 Å². The van der Waals surface area contributed by atoms with Gasteiger partial charge < -0.3 is 20.3 Å². The zero-order valence-corrected chi connectivity index (χ0v) is 33.6. The fraction of sp³-hybridized carbons (Fsp3) is 0.462. The maximum absolute atomic E-state index is 14.7. The molecule has 2 saturated carbocycles. The monoisotopic (exact) mass is 868 g/mol. The molecule has 13 nitrogen and oxygen atoms in total. The minimum Gasteiger partial charge on any atom is -0.444 e. The highest BCUT2D eigenvalue weighted by Crippen LogP contribution is 2.46. The van der Waals surface area contributed by atoms with Crippen molar-refractivity contribution < 1.29 is 36.7 Å². The van der Waals surface area contributed by atoms with Crippen LogP contribution in [-0.2, 0) is 42.2 Å². The quantitative estimate of drug-likeness (QED) is 0.256. The van der Waals surface area contributed by atoms with E-state index in [1.807, 2.05) is 41.8 Å². The van der Waals surface area contributed by atoms with Crippen LogP contribution in [0.3, 0.4) is 0 Å². The van der Waals surface area contributed by atoms with Gasteiger partial charge in [0.2, 0.25) is 21.8 Å². The minimum absolute atomic E-state index is 0.0263. The molecular formula is C39H42BrFN6O7S2. The van der Waals surface area contributed by atoms with Crippen molar-refractivity contribution in [1.29, 1.82) is 0 Å². The van der Waals surface area contributed by atoms with E-state index in [1.165, 1.54) is 27.2 Å². The number of sulfonamides is 1. The molecule has 0 radical (unpaired) electrons. The number of hydrogen-bond acceptors (Lipinski definition) is 10. The van der Waals surface area contributed by atoms with Gasteiger partial charge >= 0.3 is 6.09 Å². The van der Waals surface area contributed by atoms with Crippen LogP contribution in [0.1, 0.15) is 68.9 Å². The number of aromatic nitrogens is 1. The first kappa shape index (κ1) is 38.5. The number of carbonyl (C=O) groups is 4. The highest BCUT2D eigenvalue weighted by atomic mass is 79.9. The summed E-state index contributed by atoms with van der Waals surface area (Å²) in [6.07, 6.45) is 6.78. The second-order valence-corrected chi connectivity index (χ2v) is 19.0. The Bertz CT molecular complexity index is 2180. The molecule has 0 bridgehead atoms. The van der Waals surface area contributed by atoms with Crippen LogP contribution in [0.4, 0.5) is 14.3 Å². The molecule has 0 unspecified atom stereocenters. The average molecular weight is 870 g/mol. The van der Waals surface area contributed by atoms with Crippen LogP contribution in [-0.4, -0.2) is 82.5 Å². The van der Waals surface area contributed by atoms with Gasteiger partial charge in [0.25, 0.3) is 5.91 Å². The number of anilines is 1. The lowest BCUT2D eigenvalue weighted by atomic mass is 10.1. The zero-order chi connectivity index (χ0) is 39.2. The summed E-state index contributed by atoms with van der Waals surface area (Å²) in [6, 6.07) is 10.5. The van der Waals surface area contributed by atoms with E-state index in [0.717, 1.165) is 28.6 Å². The fourth-order valence-electron chi connectivity index (χ4n) is 7.82. The van der Waals surface area contributed by atoms with E-state index < -0.39 is 74.5 Å². The van der Waals surface area contributed by atoms with Gasteiger partial charge in [0.15, 0.2) is 5.13 Å². The summed E-state index contributed by atoms with van der Waals surface area (Å²) in [5, 5.41) is 7.98. The molecule has 56 heavy (non-hydrogen) atoms. The Morgan fingerprint density at radius 1 is 1.05 bits per heavy atom. The molecule has 2 aliphatic carbocycles. The number of hydrogen-bond donors (Lipinski definition) is 3. The molecule has 5 aliphatic rings. The van der Waals surface area contributed by atoms with Crippen molar-refractivity contribution in [2.24, 2.45) is 5.92 Å². The molecule has 3 aliphatic heterocycles. The maximum atomic E-state index is 14.7. The lowest BCUT2D eigenvalue weighted by molar-refractivity contribution is -0.140. The molecular weight excluding hydrogens is 827 g/mol. The molecule has 3 aromatic rings. The molecule has 3 fully saturated rings. The standard InChI is InChI=1S/C39H42BrFN6O7S2/c40-26-13-11-23(12-14-26)32-22-55-37(43-32)42-31-10-5-3-1-2-4-8-25-18-39(25,36(50)45-56(52,53)28-15-16-28)44-34(48)33-17-27(20-47(33)35(31)49)54-38(51)46-19-24-7-6-9-30(41)29(24)21-46/h4,6-9,11-14,22,25,27-28,31,33H,1-3,5,10,15-21H2,(H,42,43)(H,44,48)(H,45,50)/b8-4-/t25-,27-,31+,33+,39-/m1/s1. The van der Waals surface area contributed by atoms with E-state index in [0.29, 0.717) is 48.4 Å². The summed E-state index contributed by atoms with van der Waals surface area (Å²) in [7, 11) is -3.91. The normalized spacial score (nSPS) is 27.2. The topological polar surface area (TPSA) is 167 Å². The van der Waals surface area contributed by atoms with Gasteiger partial charge in [0.05, 0.1) is 24.0 Å². The first-order valence-electron chi connectivity index (χ1n) is 19.0. The van der Waals surface area contributed by atoms with E-state index in [-0.39, 0.29) is 32.5 Å². The third kappa shape index (κ3) is 8.07. The van der Waals surface area contributed by atoms with E-state index in [2.05, 4.69) is 31.3 Å². The Hall–Kier alpha value is -4.35. The Morgan fingerprint density at radius 2 is 1.86 bits per heavy atom. The lowest BCUT2D eigenvalue weighted by Gasteiger charge is -2.29. The van der Waals surface area contributed by atoms with Gasteiger partial charge in [-0.2, -0.15) is 0 Å². The van der Waals surface area contributed by atoms with E-state index in [4.69, 9.17) is 9.72 Å². The van der Waals surface area contributed by atoms with Crippen molar-refractivity contribution in [3.63, 3.8) is 0 Å². The molecule has 17 heteroatoms. The Balaban J connectivity index is 1.06. The molecule has 4 amide bonds. The molecule has 1 aromatic heterocycles. The van der Waals surface area contributed by atoms with Crippen LogP contribution in [0, 0.1) is 11.7 Å². The summed E-state index contributed by atoms with van der Waals surface area (Å²) in [5.74, 6) is -2.70. The number of benzene rings is 2. The summed E-state index contributed by atoms with van der Waals surface area (Å²) in [6.45, 7) is 0.0820. The number of carbonyl (C=O) groups excluding carboxylic acids is 4. The SMILES string of the molecule is O=C1N[C@]2(C(=O)NS(=O)(=O)C3CC3)C[C@H]2/C=C\CCCCC[C@H](Nc2nc(-c3ccc(Br)cc3)cs2)C(=O)N2C[C@H](OC(=O)N3Cc4cccc(F)c4C3)C[C@@H]12. The summed E-state index contributed by atoms with van der Waals surface area (Å²) < 4.78 is 49.2. The highest BCUT2D eigenvalue weighted by molar-refractivity contribution is 9.10. The van der Waals surface area contributed by atoms with Crippen LogP contribution < -0.4 is 15.4 Å². The molecule has 8 rings (SSSR count). The van der Waals surface area contributed by atoms with Gasteiger partial charge in [-0.05, 0) is 62.3 Å². The number of halogens is 2. The van der Waals surface area contributed by atoms with Crippen LogP contribution in [0.25, 0.3) is 11.3 Å². The minimum atomic E-state index is -3.91. The molecule has 1 saturated heterocycles. The van der Waals surface area contributed by atoms with Crippen molar-refractivity contribution in [3.05, 3.63) is 81.4 Å². The summed E-state index contributed by atoms with van der Waals surface area (Å²) in [4.78, 5) is 63.8. The number of nitrogens with zero attached hydrogens (tertiary/aromatic N) is 3. The molecule has 4 heterocycles. The lowest BCUT2D eigenvalue weighted by Crippen LogP contribution is -2.57. The summed E-state index contributed by atoms with van der Waals surface area (Å²) >= 11 is 4.81. The molecule has 0 spiro atoms. The van der Waals surface area contributed by atoms with Gasteiger partial charge in [-0.3, -0.25) is 24.0 Å². The smallest absolute Gasteiger partial charge is 0.410 e. The largest absolute Gasteiger partial charge is 0.444 e. The number of amides is 4. The van der Waals surface area contributed by atoms with Crippen molar-refractivity contribution in [2.45, 2.75) is 99.9 Å². The van der Waals surface area contributed by atoms with Gasteiger partial charge in [0.1, 0.15) is 29.5 Å². The van der Waals surface area contributed by atoms with Crippen LogP contribution >= 0.6 is 27.3 Å². The van der Waals surface area contributed by atoms with E-state index >= 15 is 0 Å². The van der Waals surface area contributed by atoms with Crippen molar-refractivity contribution in [1.82, 2.24) is 24.8 Å². The van der Waals surface area contributed by atoms with Gasteiger partial charge in [-0.15, -0.1) is 11.3 Å². The van der Waals surface area contributed by atoms with Crippen LogP contribution in [0.15, 0.2) is 64.5 Å². The predicted molar refractivity (Wildman–Crippen MR) is 210 cm³/mol. The molecule has 3 N–H and O–H groups in total. The van der Waals surface area contributed by atoms with E-state index in [1.54, 1.807) is 12.1 Å². The molecule has 5 atom stereocenters.